The van der Waals surface area contributed by atoms with Gasteiger partial charge in [-0.3, -0.25) is 4.79 Å². The van der Waals surface area contributed by atoms with Crippen LogP contribution in [-0.4, -0.2) is 29.0 Å². The molecule has 144 valence electrons. The molecule has 0 N–H and O–H groups in total. The number of alkyl halides is 3. The first-order chi connectivity index (χ1) is 12.7. The van der Waals surface area contributed by atoms with Crippen LogP contribution in [0.15, 0.2) is 66.0 Å². The zero-order valence-corrected chi connectivity index (χ0v) is 14.9. The molecule has 5 nitrogen and oxygen atoms in total. The van der Waals surface area contributed by atoms with Gasteiger partial charge in [0.2, 0.25) is 0 Å². The zero-order chi connectivity index (χ0) is 20.0. The SMILES string of the molecule is C=C1C=CC(Oc2ncccc2OCC(F)(F)F)=CN1/C(CC)=C(\C)C=O. The molecule has 0 radical (unpaired) electrons. The molecule has 0 aromatic carbocycles. The summed E-state index contributed by atoms with van der Waals surface area (Å²) in [6.07, 6.45) is 3.10. The lowest BCUT2D eigenvalue weighted by molar-refractivity contribution is -0.153. The van der Waals surface area contributed by atoms with Crippen molar-refractivity contribution in [2.45, 2.75) is 26.4 Å². The van der Waals surface area contributed by atoms with E-state index in [9.17, 15) is 18.0 Å². The highest BCUT2D eigenvalue weighted by atomic mass is 19.4. The molecule has 0 spiro atoms. The maximum Gasteiger partial charge on any atom is 0.422 e. The molecule has 2 heterocycles. The first kappa shape index (κ1) is 20.3. The molecule has 0 amide bonds. The van der Waals surface area contributed by atoms with E-state index in [0.717, 1.165) is 12.0 Å². The number of carbonyl (C=O) groups excluding carboxylic acids is 1. The van der Waals surface area contributed by atoms with E-state index < -0.39 is 12.8 Å². The molecule has 0 fully saturated rings. The number of hydrogen-bond acceptors (Lipinski definition) is 5. The number of hydrogen-bond donors (Lipinski definition) is 0. The fourth-order valence-corrected chi connectivity index (χ4v) is 2.36. The molecule has 27 heavy (non-hydrogen) atoms. The topological polar surface area (TPSA) is 51.7 Å². The highest BCUT2D eigenvalue weighted by molar-refractivity contribution is 5.73. The summed E-state index contributed by atoms with van der Waals surface area (Å²) >= 11 is 0. The molecule has 0 atom stereocenters. The Morgan fingerprint density at radius 2 is 2.11 bits per heavy atom. The number of pyridine rings is 1. The first-order valence-electron chi connectivity index (χ1n) is 8.10. The third-order valence-electron chi connectivity index (χ3n) is 3.61. The fraction of sp³-hybridized carbons (Fsp3) is 0.263. The van der Waals surface area contributed by atoms with E-state index in [1.807, 2.05) is 6.92 Å². The predicted octanol–water partition coefficient (Wildman–Crippen LogP) is 4.51. The Morgan fingerprint density at radius 3 is 2.74 bits per heavy atom. The number of ether oxygens (including phenoxy) is 2. The van der Waals surface area contributed by atoms with Gasteiger partial charge in [0.05, 0.1) is 6.20 Å². The highest BCUT2D eigenvalue weighted by Crippen LogP contribution is 2.30. The Hall–Kier alpha value is -3.03. The minimum atomic E-state index is -4.47. The average molecular weight is 380 g/mol. The normalized spacial score (nSPS) is 15.2. The Balaban J connectivity index is 2.27. The van der Waals surface area contributed by atoms with Gasteiger partial charge in [0, 0.05) is 23.2 Å². The lowest BCUT2D eigenvalue weighted by atomic mass is 10.1. The van der Waals surface area contributed by atoms with Crippen molar-refractivity contribution in [1.82, 2.24) is 9.88 Å². The average Bonchev–Trinajstić information content (AvgIpc) is 2.63. The van der Waals surface area contributed by atoms with Crippen LogP contribution in [0.3, 0.4) is 0 Å². The van der Waals surface area contributed by atoms with E-state index >= 15 is 0 Å². The summed E-state index contributed by atoms with van der Waals surface area (Å²) in [5.41, 5.74) is 1.89. The number of halogens is 3. The summed E-state index contributed by atoms with van der Waals surface area (Å²) < 4.78 is 47.6. The minimum absolute atomic E-state index is 0.0979. The second-order valence-electron chi connectivity index (χ2n) is 5.64. The predicted molar refractivity (Wildman–Crippen MR) is 93.7 cm³/mol. The summed E-state index contributed by atoms with van der Waals surface area (Å²) in [6, 6.07) is 2.79. The summed E-state index contributed by atoms with van der Waals surface area (Å²) in [5, 5.41) is 0. The Kier molecular flexibility index (Phi) is 6.44. The number of nitrogens with zero attached hydrogens (tertiary/aromatic N) is 2. The van der Waals surface area contributed by atoms with Crippen molar-refractivity contribution >= 4 is 6.29 Å². The third-order valence-corrected chi connectivity index (χ3v) is 3.61. The van der Waals surface area contributed by atoms with Crippen LogP contribution in [0.25, 0.3) is 0 Å². The van der Waals surface area contributed by atoms with Crippen molar-refractivity contribution in [1.29, 1.82) is 0 Å². The molecule has 2 rings (SSSR count). The molecule has 8 heteroatoms. The second-order valence-corrected chi connectivity index (χ2v) is 5.64. The van der Waals surface area contributed by atoms with Gasteiger partial charge in [0.15, 0.2) is 12.4 Å². The van der Waals surface area contributed by atoms with Gasteiger partial charge in [-0.25, -0.2) is 4.98 Å². The quantitative estimate of drug-likeness (QED) is 0.515. The van der Waals surface area contributed by atoms with E-state index in [1.165, 1.54) is 18.3 Å². The summed E-state index contributed by atoms with van der Waals surface area (Å²) in [4.78, 5) is 16.8. The third kappa shape index (κ3) is 5.47. The van der Waals surface area contributed by atoms with Crippen molar-refractivity contribution in [2.75, 3.05) is 6.61 Å². The summed E-state index contributed by atoms with van der Waals surface area (Å²) in [7, 11) is 0. The van der Waals surface area contributed by atoms with Gasteiger partial charge in [-0.05, 0) is 37.6 Å². The smallest absolute Gasteiger partial charge is 0.422 e. The van der Waals surface area contributed by atoms with E-state index in [1.54, 1.807) is 30.2 Å². The van der Waals surface area contributed by atoms with Crippen molar-refractivity contribution in [2.24, 2.45) is 0 Å². The van der Waals surface area contributed by atoms with Gasteiger partial charge in [-0.1, -0.05) is 13.5 Å². The van der Waals surface area contributed by atoms with E-state index in [2.05, 4.69) is 11.6 Å². The molecular formula is C19H19F3N2O3. The van der Waals surface area contributed by atoms with Crippen molar-refractivity contribution in [3.05, 3.63) is 66.0 Å². The van der Waals surface area contributed by atoms with Crippen LogP contribution in [-0.2, 0) is 4.79 Å². The standard InChI is InChI=1S/C19H19F3N2O3/c1-4-16(13(2)11-25)24-10-15(8-7-14(24)3)27-18-17(6-5-9-23-18)26-12-19(20,21)22/h5-11H,3-4,12H2,1-2H3/b16-13+. The minimum Gasteiger partial charge on any atom is -0.478 e. The maximum absolute atomic E-state index is 12.4. The van der Waals surface area contributed by atoms with Crippen LogP contribution in [0.4, 0.5) is 13.2 Å². The number of aldehydes is 1. The van der Waals surface area contributed by atoms with Gasteiger partial charge in [0.25, 0.3) is 5.88 Å². The molecular weight excluding hydrogens is 361 g/mol. The van der Waals surface area contributed by atoms with Crippen LogP contribution in [0, 0.1) is 0 Å². The fourth-order valence-electron chi connectivity index (χ4n) is 2.36. The van der Waals surface area contributed by atoms with Crippen LogP contribution in [0.1, 0.15) is 20.3 Å². The lowest BCUT2D eigenvalue weighted by Gasteiger charge is -2.28. The highest BCUT2D eigenvalue weighted by Gasteiger charge is 2.29. The summed E-state index contributed by atoms with van der Waals surface area (Å²) in [6.45, 7) is 6.05. The van der Waals surface area contributed by atoms with Crippen molar-refractivity contribution in [3.8, 4) is 11.6 Å². The van der Waals surface area contributed by atoms with Crippen LogP contribution >= 0.6 is 0 Å². The van der Waals surface area contributed by atoms with Gasteiger partial charge < -0.3 is 14.4 Å². The maximum atomic E-state index is 12.4. The van der Waals surface area contributed by atoms with E-state index in [0.29, 0.717) is 23.5 Å². The van der Waals surface area contributed by atoms with Gasteiger partial charge in [0.1, 0.15) is 12.0 Å². The first-order valence-corrected chi connectivity index (χ1v) is 8.10. The second kappa shape index (κ2) is 8.57. The molecule has 1 aliphatic heterocycles. The van der Waals surface area contributed by atoms with Crippen molar-refractivity contribution in [3.63, 3.8) is 0 Å². The van der Waals surface area contributed by atoms with Gasteiger partial charge in [-0.2, -0.15) is 13.2 Å². The van der Waals surface area contributed by atoms with Crippen LogP contribution in [0.2, 0.25) is 0 Å². The lowest BCUT2D eigenvalue weighted by Crippen LogP contribution is -2.21. The number of aromatic nitrogens is 1. The van der Waals surface area contributed by atoms with E-state index in [-0.39, 0.29) is 11.6 Å². The number of allylic oxidation sites excluding steroid dienone is 4. The summed E-state index contributed by atoms with van der Waals surface area (Å²) in [5.74, 6) is 0.0808. The molecule has 0 saturated carbocycles. The molecule has 0 bridgehead atoms. The Labute approximate surface area is 155 Å². The zero-order valence-electron chi connectivity index (χ0n) is 14.9. The Bertz CT molecular complexity index is 811. The van der Waals surface area contributed by atoms with Crippen LogP contribution in [0.5, 0.6) is 11.6 Å². The molecule has 0 unspecified atom stereocenters. The van der Waals surface area contributed by atoms with Gasteiger partial charge in [-0.15, -0.1) is 0 Å². The van der Waals surface area contributed by atoms with Gasteiger partial charge >= 0.3 is 6.18 Å². The molecule has 0 saturated heterocycles. The van der Waals surface area contributed by atoms with Crippen molar-refractivity contribution < 1.29 is 27.4 Å². The largest absolute Gasteiger partial charge is 0.478 e. The molecule has 1 aliphatic rings. The Morgan fingerprint density at radius 1 is 1.37 bits per heavy atom. The molecule has 1 aromatic heterocycles. The number of carbonyl (C=O) groups is 1. The monoisotopic (exact) mass is 380 g/mol. The molecule has 0 aliphatic carbocycles. The molecule has 1 aromatic rings. The van der Waals surface area contributed by atoms with E-state index in [4.69, 9.17) is 9.47 Å². The van der Waals surface area contributed by atoms with Crippen LogP contribution < -0.4 is 9.47 Å². The number of rotatable bonds is 7.